The highest BCUT2D eigenvalue weighted by Gasteiger charge is 2.24. The van der Waals surface area contributed by atoms with Crippen molar-refractivity contribution < 1.29 is 17.9 Å². The third-order valence-corrected chi connectivity index (χ3v) is 4.74. The van der Waals surface area contributed by atoms with Crippen molar-refractivity contribution in [3.05, 3.63) is 29.8 Å². The van der Waals surface area contributed by atoms with Crippen LogP contribution in [0.15, 0.2) is 29.2 Å². The van der Waals surface area contributed by atoms with Crippen molar-refractivity contribution in [3.8, 4) is 0 Å². The maximum atomic E-state index is 12.3. The molecule has 1 amide bonds. The molecule has 0 aliphatic carbocycles. The lowest BCUT2D eigenvalue weighted by Gasteiger charge is -2.18. The first kappa shape index (κ1) is 16.6. The molecule has 1 aromatic rings. The number of sulfonamides is 1. The van der Waals surface area contributed by atoms with E-state index in [1.165, 1.54) is 20.2 Å². The zero-order valence-electron chi connectivity index (χ0n) is 11.9. The summed E-state index contributed by atoms with van der Waals surface area (Å²) < 4.78 is 30.5. The SMILES string of the molecule is COCCNC(=O)CN(C)S(=O)(=O)c1ccccc1C. The van der Waals surface area contributed by atoms with Gasteiger partial charge in [0, 0.05) is 20.7 Å². The summed E-state index contributed by atoms with van der Waals surface area (Å²) in [5.41, 5.74) is 0.652. The average molecular weight is 300 g/mol. The molecule has 0 spiro atoms. The molecule has 0 bridgehead atoms. The lowest BCUT2D eigenvalue weighted by Crippen LogP contribution is -2.39. The number of hydrogen-bond acceptors (Lipinski definition) is 4. The second-order valence-electron chi connectivity index (χ2n) is 4.37. The predicted molar refractivity (Wildman–Crippen MR) is 75.9 cm³/mol. The van der Waals surface area contributed by atoms with Crippen molar-refractivity contribution in [2.45, 2.75) is 11.8 Å². The summed E-state index contributed by atoms with van der Waals surface area (Å²) in [7, 11) is -0.739. The van der Waals surface area contributed by atoms with E-state index in [0.717, 1.165) is 4.31 Å². The van der Waals surface area contributed by atoms with Gasteiger partial charge in [-0.15, -0.1) is 0 Å². The van der Waals surface area contributed by atoms with Crippen LogP contribution >= 0.6 is 0 Å². The van der Waals surface area contributed by atoms with Gasteiger partial charge in [-0.2, -0.15) is 4.31 Å². The Kier molecular flexibility index (Phi) is 6.12. The summed E-state index contributed by atoms with van der Waals surface area (Å²) in [6.07, 6.45) is 0. The summed E-state index contributed by atoms with van der Waals surface area (Å²) in [6, 6.07) is 6.68. The van der Waals surface area contributed by atoms with Gasteiger partial charge >= 0.3 is 0 Å². The summed E-state index contributed by atoms with van der Waals surface area (Å²) >= 11 is 0. The molecule has 112 valence electrons. The Labute approximate surface area is 119 Å². The lowest BCUT2D eigenvalue weighted by atomic mass is 10.2. The maximum Gasteiger partial charge on any atom is 0.243 e. The van der Waals surface area contributed by atoms with Crippen LogP contribution in [0.5, 0.6) is 0 Å². The molecule has 7 heteroatoms. The normalized spacial score (nSPS) is 11.6. The van der Waals surface area contributed by atoms with E-state index in [1.807, 2.05) is 0 Å². The van der Waals surface area contributed by atoms with E-state index >= 15 is 0 Å². The first-order valence-corrected chi connectivity index (χ1v) is 7.61. The lowest BCUT2D eigenvalue weighted by molar-refractivity contribution is -0.121. The van der Waals surface area contributed by atoms with Gasteiger partial charge in [-0.3, -0.25) is 4.79 Å². The van der Waals surface area contributed by atoms with Crippen molar-refractivity contribution in [3.63, 3.8) is 0 Å². The van der Waals surface area contributed by atoms with Crippen LogP contribution in [0.2, 0.25) is 0 Å². The number of rotatable bonds is 7. The largest absolute Gasteiger partial charge is 0.383 e. The van der Waals surface area contributed by atoms with Gasteiger partial charge in [0.15, 0.2) is 0 Å². The van der Waals surface area contributed by atoms with E-state index < -0.39 is 10.0 Å². The van der Waals surface area contributed by atoms with Crippen LogP contribution in [0.3, 0.4) is 0 Å². The summed E-state index contributed by atoms with van der Waals surface area (Å²) in [5.74, 6) is -0.360. The molecule has 0 heterocycles. The van der Waals surface area contributed by atoms with Crippen LogP contribution in [0.4, 0.5) is 0 Å². The van der Waals surface area contributed by atoms with Crippen molar-refractivity contribution in [2.24, 2.45) is 0 Å². The molecule has 0 atom stereocenters. The van der Waals surface area contributed by atoms with Crippen molar-refractivity contribution in [1.82, 2.24) is 9.62 Å². The summed E-state index contributed by atoms with van der Waals surface area (Å²) in [6.45, 7) is 2.24. The first-order chi connectivity index (χ1) is 9.39. The van der Waals surface area contributed by atoms with E-state index in [-0.39, 0.29) is 17.3 Å². The van der Waals surface area contributed by atoms with Gasteiger partial charge in [-0.1, -0.05) is 18.2 Å². The van der Waals surface area contributed by atoms with E-state index in [2.05, 4.69) is 5.32 Å². The number of benzene rings is 1. The maximum absolute atomic E-state index is 12.3. The molecule has 0 saturated carbocycles. The van der Waals surface area contributed by atoms with Gasteiger partial charge in [0.2, 0.25) is 15.9 Å². The number of hydrogen-bond donors (Lipinski definition) is 1. The van der Waals surface area contributed by atoms with Crippen LogP contribution in [0.1, 0.15) is 5.56 Å². The fourth-order valence-electron chi connectivity index (χ4n) is 1.65. The highest BCUT2D eigenvalue weighted by molar-refractivity contribution is 7.89. The highest BCUT2D eigenvalue weighted by atomic mass is 32.2. The number of carbonyl (C=O) groups is 1. The molecule has 0 aliphatic heterocycles. The minimum absolute atomic E-state index is 0.215. The topological polar surface area (TPSA) is 75.7 Å². The fraction of sp³-hybridized carbons (Fsp3) is 0.462. The third-order valence-electron chi connectivity index (χ3n) is 2.78. The number of carbonyl (C=O) groups excluding carboxylic acids is 1. The van der Waals surface area contributed by atoms with Gasteiger partial charge in [0.1, 0.15) is 0 Å². The molecule has 0 radical (unpaired) electrons. The Hall–Kier alpha value is -1.44. The number of likely N-dealkylation sites (N-methyl/N-ethyl adjacent to an activating group) is 1. The zero-order valence-corrected chi connectivity index (χ0v) is 12.7. The van der Waals surface area contributed by atoms with Crippen molar-refractivity contribution >= 4 is 15.9 Å². The van der Waals surface area contributed by atoms with E-state index in [9.17, 15) is 13.2 Å². The number of amides is 1. The van der Waals surface area contributed by atoms with E-state index in [0.29, 0.717) is 18.7 Å². The molecular weight excluding hydrogens is 280 g/mol. The molecule has 1 aromatic carbocycles. The monoisotopic (exact) mass is 300 g/mol. The number of methoxy groups -OCH3 is 1. The molecule has 1 N–H and O–H groups in total. The Morgan fingerprint density at radius 1 is 1.35 bits per heavy atom. The Morgan fingerprint density at radius 2 is 2.00 bits per heavy atom. The van der Waals surface area contributed by atoms with Crippen LogP contribution in [-0.2, 0) is 19.6 Å². The molecule has 0 aromatic heterocycles. The van der Waals surface area contributed by atoms with Gasteiger partial charge in [-0.25, -0.2) is 8.42 Å². The summed E-state index contributed by atoms with van der Waals surface area (Å²) in [4.78, 5) is 11.8. The number of nitrogens with one attached hydrogen (secondary N) is 1. The molecule has 1 rings (SSSR count). The molecule has 0 aliphatic rings. The zero-order chi connectivity index (χ0) is 15.2. The predicted octanol–water partition coefficient (Wildman–Crippen LogP) is 0.378. The highest BCUT2D eigenvalue weighted by Crippen LogP contribution is 2.17. The van der Waals surface area contributed by atoms with Gasteiger partial charge in [0.25, 0.3) is 0 Å². The summed E-state index contributed by atoms with van der Waals surface area (Å²) in [5, 5.41) is 2.58. The Balaban J connectivity index is 2.73. The molecule has 20 heavy (non-hydrogen) atoms. The van der Waals surface area contributed by atoms with Crippen LogP contribution in [0.25, 0.3) is 0 Å². The molecule has 6 nitrogen and oxygen atoms in total. The van der Waals surface area contributed by atoms with Gasteiger partial charge in [-0.05, 0) is 18.6 Å². The molecule has 0 saturated heterocycles. The minimum Gasteiger partial charge on any atom is -0.383 e. The minimum atomic E-state index is -3.65. The van der Waals surface area contributed by atoms with Crippen molar-refractivity contribution in [1.29, 1.82) is 0 Å². The number of ether oxygens (including phenoxy) is 1. The second-order valence-corrected chi connectivity index (χ2v) is 6.38. The van der Waals surface area contributed by atoms with E-state index in [1.54, 1.807) is 25.1 Å². The standard InChI is InChI=1S/C13H20N2O4S/c1-11-6-4-5-7-12(11)20(17,18)15(2)10-13(16)14-8-9-19-3/h4-7H,8-10H2,1-3H3,(H,14,16). The Morgan fingerprint density at radius 3 is 2.60 bits per heavy atom. The second kappa shape index (κ2) is 7.37. The van der Waals surface area contributed by atoms with Gasteiger partial charge in [0.05, 0.1) is 18.0 Å². The number of aryl methyl sites for hydroxylation is 1. The van der Waals surface area contributed by atoms with Crippen molar-refractivity contribution in [2.75, 3.05) is 33.9 Å². The quantitative estimate of drug-likeness (QED) is 0.739. The average Bonchev–Trinajstić information content (AvgIpc) is 2.39. The van der Waals surface area contributed by atoms with Crippen LogP contribution in [0, 0.1) is 6.92 Å². The molecule has 0 unspecified atom stereocenters. The van der Waals surface area contributed by atoms with Gasteiger partial charge < -0.3 is 10.1 Å². The van der Waals surface area contributed by atoms with Crippen LogP contribution < -0.4 is 5.32 Å². The first-order valence-electron chi connectivity index (χ1n) is 6.17. The molecular formula is C13H20N2O4S. The molecule has 0 fully saturated rings. The van der Waals surface area contributed by atoms with Crippen LogP contribution in [-0.4, -0.2) is 52.5 Å². The van der Waals surface area contributed by atoms with E-state index in [4.69, 9.17) is 4.74 Å². The fourth-order valence-corrected chi connectivity index (χ4v) is 3.00. The smallest absolute Gasteiger partial charge is 0.243 e. The Bertz CT molecular complexity index is 557. The third kappa shape index (κ3) is 4.29. The number of nitrogens with zero attached hydrogens (tertiary/aromatic N) is 1.